The highest BCUT2D eigenvalue weighted by atomic mass is 32.2. The van der Waals surface area contributed by atoms with Gasteiger partial charge in [0.2, 0.25) is 5.91 Å². The molecule has 2 heterocycles. The molecule has 2 aliphatic rings. The lowest BCUT2D eigenvalue weighted by Gasteiger charge is -2.30. The third-order valence-electron chi connectivity index (χ3n) is 4.07. The number of primary amides is 1. The Bertz CT molecular complexity index is 553. The maximum atomic E-state index is 12.5. The van der Waals surface area contributed by atoms with Crippen LogP contribution in [-0.4, -0.2) is 51.5 Å². The Balaban J connectivity index is 2.09. The van der Waals surface area contributed by atoms with Crippen molar-refractivity contribution in [1.29, 1.82) is 0 Å². The Labute approximate surface area is 138 Å². The van der Waals surface area contributed by atoms with Crippen LogP contribution in [0.4, 0.5) is 4.79 Å². The van der Waals surface area contributed by atoms with Crippen LogP contribution in [0.25, 0.3) is 0 Å². The molecular formula is C14H21N3O5S. The van der Waals surface area contributed by atoms with Crippen LogP contribution in [0, 0.1) is 5.92 Å². The highest BCUT2D eigenvalue weighted by Gasteiger charge is 2.54. The molecule has 2 fully saturated rings. The van der Waals surface area contributed by atoms with Crippen LogP contribution in [0.15, 0.2) is 0 Å². The summed E-state index contributed by atoms with van der Waals surface area (Å²) in [6, 6.07) is -1.71. The molecule has 23 heavy (non-hydrogen) atoms. The highest BCUT2D eigenvalue weighted by Crippen LogP contribution is 2.47. The van der Waals surface area contributed by atoms with Crippen molar-refractivity contribution < 1.29 is 23.9 Å². The summed E-state index contributed by atoms with van der Waals surface area (Å²) in [5.74, 6) is -1.38. The Morgan fingerprint density at radius 2 is 2.09 bits per heavy atom. The normalized spacial score (nSPS) is 27.7. The third-order valence-corrected chi connectivity index (χ3v) is 5.58. The minimum atomic E-state index is -1.13. The van der Waals surface area contributed by atoms with E-state index in [1.54, 1.807) is 18.7 Å². The van der Waals surface area contributed by atoms with Crippen LogP contribution in [0.5, 0.6) is 0 Å². The molecule has 0 unspecified atom stereocenters. The second-order valence-electron chi connectivity index (χ2n) is 6.22. The second kappa shape index (κ2) is 6.38. The highest BCUT2D eigenvalue weighted by molar-refractivity contribution is 8.01. The SMILES string of the molecule is CC(C)[C@H](OC(=O)[C@@H]1CS[C@@]2(C)CCC(=O)N12)C(=O)NC(N)=O. The van der Waals surface area contributed by atoms with Gasteiger partial charge in [0, 0.05) is 12.2 Å². The number of rotatable bonds is 4. The second-order valence-corrected chi connectivity index (χ2v) is 7.72. The van der Waals surface area contributed by atoms with Crippen LogP contribution >= 0.6 is 11.8 Å². The summed E-state index contributed by atoms with van der Waals surface area (Å²) in [5.41, 5.74) is 4.92. The first-order chi connectivity index (χ1) is 10.7. The number of esters is 1. The van der Waals surface area contributed by atoms with E-state index in [1.807, 2.05) is 12.2 Å². The minimum Gasteiger partial charge on any atom is -0.450 e. The van der Waals surface area contributed by atoms with Gasteiger partial charge in [0.15, 0.2) is 6.10 Å². The Hall–Kier alpha value is -1.77. The summed E-state index contributed by atoms with van der Waals surface area (Å²) in [6.07, 6.45) is -0.0383. The quantitative estimate of drug-likeness (QED) is 0.704. The smallest absolute Gasteiger partial charge is 0.330 e. The van der Waals surface area contributed by atoms with E-state index in [0.717, 1.165) is 0 Å². The van der Waals surface area contributed by atoms with Gasteiger partial charge in [0.25, 0.3) is 5.91 Å². The number of amides is 4. The molecule has 0 aliphatic carbocycles. The molecule has 0 aromatic carbocycles. The lowest BCUT2D eigenvalue weighted by Crippen LogP contribution is -2.50. The predicted molar refractivity (Wildman–Crippen MR) is 83.2 cm³/mol. The van der Waals surface area contributed by atoms with E-state index in [9.17, 15) is 19.2 Å². The van der Waals surface area contributed by atoms with Crippen molar-refractivity contribution in [3.8, 4) is 0 Å². The summed E-state index contributed by atoms with van der Waals surface area (Å²) in [6.45, 7) is 5.30. The van der Waals surface area contributed by atoms with E-state index in [1.165, 1.54) is 11.8 Å². The molecule has 8 nitrogen and oxygen atoms in total. The van der Waals surface area contributed by atoms with Crippen molar-refractivity contribution in [2.75, 3.05) is 5.75 Å². The number of hydrogen-bond donors (Lipinski definition) is 2. The molecule has 9 heteroatoms. The molecule has 0 radical (unpaired) electrons. The predicted octanol–water partition coefficient (Wildman–Crippen LogP) is 0.203. The van der Waals surface area contributed by atoms with Crippen molar-refractivity contribution in [3.63, 3.8) is 0 Å². The van der Waals surface area contributed by atoms with Gasteiger partial charge in [-0.05, 0) is 19.3 Å². The van der Waals surface area contributed by atoms with Crippen LogP contribution < -0.4 is 11.1 Å². The van der Waals surface area contributed by atoms with Gasteiger partial charge in [0.1, 0.15) is 6.04 Å². The third kappa shape index (κ3) is 3.44. The zero-order valence-electron chi connectivity index (χ0n) is 13.3. The first-order valence-corrected chi connectivity index (χ1v) is 8.41. The zero-order valence-corrected chi connectivity index (χ0v) is 14.1. The van der Waals surface area contributed by atoms with Gasteiger partial charge in [-0.2, -0.15) is 0 Å². The molecule has 0 aromatic rings. The number of nitrogens with one attached hydrogen (secondary N) is 1. The molecule has 3 atom stereocenters. The molecule has 0 saturated carbocycles. The van der Waals surface area contributed by atoms with Crippen molar-refractivity contribution in [2.45, 2.75) is 50.6 Å². The van der Waals surface area contributed by atoms with E-state index in [0.29, 0.717) is 18.6 Å². The number of fused-ring (bicyclic) bond motifs is 1. The lowest BCUT2D eigenvalue weighted by molar-refractivity contribution is -0.164. The first-order valence-electron chi connectivity index (χ1n) is 7.42. The van der Waals surface area contributed by atoms with Crippen molar-refractivity contribution in [2.24, 2.45) is 11.7 Å². The summed E-state index contributed by atoms with van der Waals surface area (Å²) in [4.78, 5) is 48.4. The minimum absolute atomic E-state index is 0.0814. The number of carbonyl (C=O) groups is 4. The number of hydrogen-bond acceptors (Lipinski definition) is 6. The number of imide groups is 1. The van der Waals surface area contributed by atoms with Gasteiger partial charge >= 0.3 is 12.0 Å². The van der Waals surface area contributed by atoms with Crippen molar-refractivity contribution >= 4 is 35.6 Å². The van der Waals surface area contributed by atoms with Crippen LogP contribution in [-0.2, 0) is 19.1 Å². The molecule has 0 spiro atoms. The van der Waals surface area contributed by atoms with Gasteiger partial charge in [-0.1, -0.05) is 13.8 Å². The summed E-state index contributed by atoms with van der Waals surface area (Å²) in [7, 11) is 0. The van der Waals surface area contributed by atoms with Gasteiger partial charge in [-0.25, -0.2) is 9.59 Å². The number of ether oxygens (including phenoxy) is 1. The molecule has 0 aromatic heterocycles. The van der Waals surface area contributed by atoms with E-state index >= 15 is 0 Å². The molecule has 4 amide bonds. The fourth-order valence-electron chi connectivity index (χ4n) is 2.88. The number of nitrogens with two attached hydrogens (primary N) is 1. The van der Waals surface area contributed by atoms with Crippen molar-refractivity contribution in [1.82, 2.24) is 10.2 Å². The van der Waals surface area contributed by atoms with Crippen LogP contribution in [0.2, 0.25) is 0 Å². The molecule has 3 N–H and O–H groups in total. The van der Waals surface area contributed by atoms with E-state index in [4.69, 9.17) is 10.5 Å². The number of urea groups is 1. The lowest BCUT2D eigenvalue weighted by atomic mass is 10.1. The van der Waals surface area contributed by atoms with Crippen molar-refractivity contribution in [3.05, 3.63) is 0 Å². The molecule has 2 aliphatic heterocycles. The Morgan fingerprint density at radius 1 is 1.43 bits per heavy atom. The fraction of sp³-hybridized carbons (Fsp3) is 0.714. The molecule has 2 rings (SSSR count). The summed E-state index contributed by atoms with van der Waals surface area (Å²) < 4.78 is 5.29. The number of carbonyl (C=O) groups excluding carboxylic acids is 4. The molecule has 0 bridgehead atoms. The zero-order chi connectivity index (χ0) is 17.4. The Kier molecular flexibility index (Phi) is 4.88. The van der Waals surface area contributed by atoms with E-state index in [2.05, 4.69) is 0 Å². The maximum absolute atomic E-state index is 12.5. The average Bonchev–Trinajstić information content (AvgIpc) is 2.92. The molecular weight excluding hydrogens is 322 g/mol. The van der Waals surface area contributed by atoms with Crippen LogP contribution in [0.1, 0.15) is 33.6 Å². The number of thioether (sulfide) groups is 1. The van der Waals surface area contributed by atoms with Gasteiger partial charge in [-0.3, -0.25) is 14.9 Å². The fourth-order valence-corrected chi connectivity index (χ4v) is 4.30. The van der Waals surface area contributed by atoms with Gasteiger partial charge in [-0.15, -0.1) is 11.8 Å². The number of nitrogens with zero attached hydrogens (tertiary/aromatic N) is 1. The van der Waals surface area contributed by atoms with Crippen LogP contribution in [0.3, 0.4) is 0 Å². The average molecular weight is 343 g/mol. The Morgan fingerprint density at radius 3 is 2.65 bits per heavy atom. The maximum Gasteiger partial charge on any atom is 0.330 e. The molecule has 2 saturated heterocycles. The standard InChI is InChI=1S/C14H21N3O5S/c1-7(2)10(11(19)16-13(15)21)22-12(20)8-6-23-14(3)5-4-9(18)17(8)14/h7-8,10H,4-6H2,1-3H3,(H3,15,16,19,21)/t8-,10-,14-/m0/s1. The van der Waals surface area contributed by atoms with Gasteiger partial charge < -0.3 is 15.4 Å². The summed E-state index contributed by atoms with van der Waals surface area (Å²) >= 11 is 1.54. The van der Waals surface area contributed by atoms with E-state index in [-0.39, 0.29) is 16.7 Å². The summed E-state index contributed by atoms with van der Waals surface area (Å²) in [5, 5.41) is 1.92. The monoisotopic (exact) mass is 343 g/mol. The largest absolute Gasteiger partial charge is 0.450 e. The van der Waals surface area contributed by atoms with Gasteiger partial charge in [0.05, 0.1) is 4.87 Å². The van der Waals surface area contributed by atoms with E-state index < -0.39 is 30.1 Å². The first kappa shape index (κ1) is 17.6. The molecule has 128 valence electrons. The topological polar surface area (TPSA) is 119 Å².